The van der Waals surface area contributed by atoms with Gasteiger partial charge in [-0.25, -0.2) is 9.78 Å². The zero-order valence-electron chi connectivity index (χ0n) is 13.4. The fraction of sp³-hybridized carbons (Fsp3) is 0.500. The quantitative estimate of drug-likeness (QED) is 0.797. The fourth-order valence-electron chi connectivity index (χ4n) is 3.45. The first-order valence-corrected chi connectivity index (χ1v) is 8.74. The lowest BCUT2D eigenvalue weighted by molar-refractivity contribution is -0.136. The number of carbonyl (C=O) groups is 3. The smallest absolute Gasteiger partial charge is 0.313 e. The minimum atomic E-state index is -0.758. The van der Waals surface area contributed by atoms with E-state index < -0.39 is 17.5 Å². The summed E-state index contributed by atoms with van der Waals surface area (Å²) in [5, 5.41) is 2.61. The van der Waals surface area contributed by atoms with Crippen LogP contribution < -0.4 is 5.32 Å². The Kier molecular flexibility index (Phi) is 4.58. The summed E-state index contributed by atoms with van der Waals surface area (Å²) in [4.78, 5) is 44.1. The van der Waals surface area contributed by atoms with E-state index in [0.717, 1.165) is 28.6 Å². The molecule has 128 valence electrons. The zero-order valence-corrected chi connectivity index (χ0v) is 15.0. The molecule has 8 heteroatoms. The summed E-state index contributed by atoms with van der Waals surface area (Å²) in [6.45, 7) is -0.290. The molecule has 0 radical (unpaired) electrons. The van der Waals surface area contributed by atoms with Crippen molar-refractivity contribution in [2.75, 3.05) is 18.9 Å². The van der Waals surface area contributed by atoms with Crippen molar-refractivity contribution in [3.8, 4) is 0 Å². The van der Waals surface area contributed by atoms with Crippen LogP contribution in [0.1, 0.15) is 32.1 Å². The summed E-state index contributed by atoms with van der Waals surface area (Å²) in [6.07, 6.45) is 5.82. The Labute approximate surface area is 148 Å². The van der Waals surface area contributed by atoms with Gasteiger partial charge in [-0.2, -0.15) is 0 Å². The monoisotopic (exact) mass is 394 g/mol. The third kappa shape index (κ3) is 2.90. The average Bonchev–Trinajstić information content (AvgIpc) is 2.74. The SMILES string of the molecule is CN1C(=O)N(CC(=O)Nc2ccc(Br)cn2)C(=O)C12CCCCC2. The predicted octanol–water partition coefficient (Wildman–Crippen LogP) is 2.38. The van der Waals surface area contributed by atoms with Gasteiger partial charge in [0.15, 0.2) is 0 Å². The highest BCUT2D eigenvalue weighted by Crippen LogP contribution is 2.39. The first-order valence-electron chi connectivity index (χ1n) is 7.95. The molecule has 2 fully saturated rings. The van der Waals surface area contributed by atoms with Crippen molar-refractivity contribution in [3.05, 3.63) is 22.8 Å². The van der Waals surface area contributed by atoms with E-state index in [1.807, 2.05) is 0 Å². The molecule has 0 unspecified atom stereocenters. The number of hydrogen-bond acceptors (Lipinski definition) is 4. The van der Waals surface area contributed by atoms with E-state index in [9.17, 15) is 14.4 Å². The molecule has 3 rings (SSSR count). The van der Waals surface area contributed by atoms with Crippen LogP contribution in [-0.4, -0.2) is 51.8 Å². The van der Waals surface area contributed by atoms with E-state index in [4.69, 9.17) is 0 Å². The molecule has 1 saturated carbocycles. The molecule has 1 aliphatic heterocycles. The van der Waals surface area contributed by atoms with Gasteiger partial charge in [0.1, 0.15) is 17.9 Å². The number of nitrogens with one attached hydrogen (secondary N) is 1. The Hall–Kier alpha value is -1.96. The third-order valence-corrected chi connectivity index (χ3v) is 5.25. The van der Waals surface area contributed by atoms with Crippen molar-refractivity contribution >= 4 is 39.6 Å². The predicted molar refractivity (Wildman–Crippen MR) is 91.3 cm³/mol. The number of carbonyl (C=O) groups excluding carboxylic acids is 3. The molecule has 1 saturated heterocycles. The molecule has 2 heterocycles. The number of anilines is 1. The van der Waals surface area contributed by atoms with E-state index in [1.165, 1.54) is 4.90 Å². The molecule has 4 amide bonds. The van der Waals surface area contributed by atoms with E-state index in [0.29, 0.717) is 18.7 Å². The second-order valence-corrected chi connectivity index (χ2v) is 7.15. The normalized spacial score (nSPS) is 19.9. The van der Waals surface area contributed by atoms with Gasteiger partial charge in [-0.05, 0) is 40.9 Å². The molecule has 1 spiro atoms. The van der Waals surface area contributed by atoms with Crippen LogP contribution in [-0.2, 0) is 9.59 Å². The molecular weight excluding hydrogens is 376 g/mol. The first-order chi connectivity index (χ1) is 11.4. The summed E-state index contributed by atoms with van der Waals surface area (Å²) in [6, 6.07) is 2.99. The number of imide groups is 1. The minimum Gasteiger partial charge on any atom is -0.313 e. The maximum Gasteiger partial charge on any atom is 0.327 e. The Morgan fingerprint density at radius 2 is 2.00 bits per heavy atom. The Balaban J connectivity index is 1.70. The molecule has 1 aromatic rings. The molecule has 2 aliphatic rings. The largest absolute Gasteiger partial charge is 0.327 e. The van der Waals surface area contributed by atoms with E-state index in [1.54, 1.807) is 25.4 Å². The Morgan fingerprint density at radius 3 is 2.62 bits per heavy atom. The number of nitrogens with zero attached hydrogens (tertiary/aromatic N) is 3. The second kappa shape index (κ2) is 6.51. The number of halogens is 1. The maximum atomic E-state index is 12.8. The van der Waals surface area contributed by atoms with E-state index in [-0.39, 0.29) is 12.5 Å². The van der Waals surface area contributed by atoms with Gasteiger partial charge in [-0.15, -0.1) is 0 Å². The molecular formula is C16H19BrN4O3. The third-order valence-electron chi connectivity index (χ3n) is 4.78. The van der Waals surface area contributed by atoms with E-state index >= 15 is 0 Å². The summed E-state index contributed by atoms with van der Waals surface area (Å²) in [7, 11) is 1.65. The molecule has 7 nitrogen and oxygen atoms in total. The molecule has 24 heavy (non-hydrogen) atoms. The van der Waals surface area contributed by atoms with Crippen molar-refractivity contribution in [2.45, 2.75) is 37.6 Å². The van der Waals surface area contributed by atoms with Crippen molar-refractivity contribution in [1.29, 1.82) is 0 Å². The van der Waals surface area contributed by atoms with Gasteiger partial charge in [-0.1, -0.05) is 19.3 Å². The standard InChI is InChI=1S/C16H19BrN4O3/c1-20-15(24)21(14(23)16(20)7-3-2-4-8-16)10-13(22)19-12-6-5-11(17)9-18-12/h5-6,9H,2-4,7-8,10H2,1H3,(H,18,19,22). The molecule has 0 bridgehead atoms. The highest BCUT2D eigenvalue weighted by Gasteiger charge is 2.55. The number of hydrogen-bond donors (Lipinski definition) is 1. The molecule has 1 aromatic heterocycles. The second-order valence-electron chi connectivity index (χ2n) is 6.23. The number of pyridine rings is 1. The average molecular weight is 395 g/mol. The number of amides is 4. The van der Waals surface area contributed by atoms with Gasteiger partial charge in [0, 0.05) is 17.7 Å². The van der Waals surface area contributed by atoms with Gasteiger partial charge in [0.05, 0.1) is 0 Å². The lowest BCUT2D eigenvalue weighted by Crippen LogP contribution is -2.49. The van der Waals surface area contributed by atoms with Crippen LogP contribution in [0, 0.1) is 0 Å². The molecule has 1 aliphatic carbocycles. The topological polar surface area (TPSA) is 82.6 Å². The van der Waals surface area contributed by atoms with Gasteiger partial charge >= 0.3 is 6.03 Å². The van der Waals surface area contributed by atoms with Gasteiger partial charge < -0.3 is 10.2 Å². The number of aromatic nitrogens is 1. The number of urea groups is 1. The molecule has 0 atom stereocenters. The summed E-state index contributed by atoms with van der Waals surface area (Å²) < 4.78 is 0.797. The zero-order chi connectivity index (χ0) is 17.3. The minimum absolute atomic E-state index is 0.256. The Bertz CT molecular complexity index is 670. The lowest BCUT2D eigenvalue weighted by atomic mass is 9.81. The van der Waals surface area contributed by atoms with Crippen molar-refractivity contribution in [1.82, 2.24) is 14.8 Å². The summed E-state index contributed by atoms with van der Waals surface area (Å²) >= 11 is 3.27. The highest BCUT2D eigenvalue weighted by atomic mass is 79.9. The summed E-state index contributed by atoms with van der Waals surface area (Å²) in [5.41, 5.74) is -0.758. The summed E-state index contributed by atoms with van der Waals surface area (Å²) in [5.74, 6) is -0.315. The lowest BCUT2D eigenvalue weighted by Gasteiger charge is -2.35. The van der Waals surface area contributed by atoms with Crippen LogP contribution in [0.15, 0.2) is 22.8 Å². The van der Waals surface area contributed by atoms with Gasteiger partial charge in [0.25, 0.3) is 5.91 Å². The van der Waals surface area contributed by atoms with Gasteiger partial charge in [-0.3, -0.25) is 14.5 Å². The van der Waals surface area contributed by atoms with Crippen LogP contribution in [0.5, 0.6) is 0 Å². The van der Waals surface area contributed by atoms with Crippen LogP contribution in [0.4, 0.5) is 10.6 Å². The molecule has 0 aromatic carbocycles. The number of rotatable bonds is 3. The highest BCUT2D eigenvalue weighted by molar-refractivity contribution is 9.10. The first kappa shape index (κ1) is 16.9. The Morgan fingerprint density at radius 1 is 1.29 bits per heavy atom. The number of likely N-dealkylation sites (N-methyl/N-ethyl adjacent to an activating group) is 1. The van der Waals surface area contributed by atoms with Gasteiger partial charge in [0.2, 0.25) is 5.91 Å². The van der Waals surface area contributed by atoms with Crippen LogP contribution in [0.3, 0.4) is 0 Å². The maximum absolute atomic E-state index is 12.8. The van der Waals surface area contributed by atoms with Crippen LogP contribution in [0.2, 0.25) is 0 Å². The van der Waals surface area contributed by atoms with E-state index in [2.05, 4.69) is 26.2 Å². The van der Waals surface area contributed by atoms with Crippen molar-refractivity contribution in [2.24, 2.45) is 0 Å². The van der Waals surface area contributed by atoms with Crippen molar-refractivity contribution < 1.29 is 14.4 Å². The fourth-order valence-corrected chi connectivity index (χ4v) is 3.68. The van der Waals surface area contributed by atoms with Crippen LogP contribution in [0.25, 0.3) is 0 Å². The van der Waals surface area contributed by atoms with Crippen molar-refractivity contribution in [3.63, 3.8) is 0 Å². The molecule has 1 N–H and O–H groups in total. The van der Waals surface area contributed by atoms with Crippen LogP contribution >= 0.6 is 15.9 Å².